The van der Waals surface area contributed by atoms with Crippen molar-refractivity contribution >= 4 is 11.8 Å². The van der Waals surface area contributed by atoms with E-state index in [0.717, 1.165) is 16.9 Å². The summed E-state index contributed by atoms with van der Waals surface area (Å²) in [7, 11) is 0. The minimum absolute atomic E-state index is 0.00802. The molecule has 0 saturated carbocycles. The summed E-state index contributed by atoms with van der Waals surface area (Å²) in [6.07, 6.45) is -3.15. The SMILES string of the molecule is CC(=O)N1CCC(NC(=O)Cn2nnc(-c3cccc(C(F)(F)F)c3)n2)CC1. The van der Waals surface area contributed by atoms with E-state index >= 15 is 0 Å². The van der Waals surface area contributed by atoms with Crippen LogP contribution in [0.3, 0.4) is 0 Å². The number of rotatable bonds is 4. The quantitative estimate of drug-likeness (QED) is 0.845. The van der Waals surface area contributed by atoms with Crippen LogP contribution < -0.4 is 5.32 Å². The number of alkyl halides is 3. The normalized spacial score (nSPS) is 15.5. The third kappa shape index (κ3) is 4.84. The van der Waals surface area contributed by atoms with Crippen molar-refractivity contribution in [2.24, 2.45) is 0 Å². The summed E-state index contributed by atoms with van der Waals surface area (Å²) >= 11 is 0. The Balaban J connectivity index is 1.58. The molecule has 0 unspecified atom stereocenters. The number of carbonyl (C=O) groups excluding carboxylic acids is 2. The van der Waals surface area contributed by atoms with Gasteiger partial charge in [0.25, 0.3) is 0 Å². The summed E-state index contributed by atoms with van der Waals surface area (Å²) < 4.78 is 38.4. The molecule has 3 rings (SSSR count). The maximum absolute atomic E-state index is 12.8. The van der Waals surface area contributed by atoms with Crippen molar-refractivity contribution in [1.29, 1.82) is 0 Å². The van der Waals surface area contributed by atoms with Crippen LogP contribution in [0.1, 0.15) is 25.3 Å². The van der Waals surface area contributed by atoms with Crippen LogP contribution in [0.5, 0.6) is 0 Å². The number of carbonyl (C=O) groups is 2. The molecule has 1 aromatic carbocycles. The van der Waals surface area contributed by atoms with E-state index in [0.29, 0.717) is 25.9 Å². The number of hydrogen-bond acceptors (Lipinski definition) is 5. The molecule has 1 fully saturated rings. The Morgan fingerprint density at radius 2 is 1.96 bits per heavy atom. The van der Waals surface area contributed by atoms with Crippen molar-refractivity contribution in [1.82, 2.24) is 30.4 Å². The van der Waals surface area contributed by atoms with Crippen LogP contribution in [0, 0.1) is 0 Å². The van der Waals surface area contributed by atoms with Crippen molar-refractivity contribution in [2.75, 3.05) is 13.1 Å². The highest BCUT2D eigenvalue weighted by Crippen LogP contribution is 2.31. The Kier molecular flexibility index (Phi) is 5.61. The van der Waals surface area contributed by atoms with Gasteiger partial charge < -0.3 is 10.2 Å². The molecule has 8 nitrogen and oxygen atoms in total. The lowest BCUT2D eigenvalue weighted by molar-refractivity contribution is -0.137. The van der Waals surface area contributed by atoms with E-state index in [1.165, 1.54) is 19.1 Å². The van der Waals surface area contributed by atoms with E-state index in [2.05, 4.69) is 20.7 Å². The first-order valence-electron chi connectivity index (χ1n) is 8.72. The minimum atomic E-state index is -4.47. The largest absolute Gasteiger partial charge is 0.416 e. The highest BCUT2D eigenvalue weighted by molar-refractivity contribution is 5.76. The average Bonchev–Trinajstić information content (AvgIpc) is 3.10. The molecule has 2 amide bonds. The van der Waals surface area contributed by atoms with Gasteiger partial charge in [-0.25, -0.2) is 0 Å². The zero-order valence-electron chi connectivity index (χ0n) is 15.1. The smallest absolute Gasteiger partial charge is 0.352 e. The summed E-state index contributed by atoms with van der Waals surface area (Å²) in [4.78, 5) is 26.2. The predicted molar refractivity (Wildman–Crippen MR) is 91.7 cm³/mol. The number of tetrazole rings is 1. The number of nitrogens with zero attached hydrogens (tertiary/aromatic N) is 5. The molecule has 1 aliphatic rings. The van der Waals surface area contributed by atoms with Gasteiger partial charge in [-0.2, -0.15) is 18.0 Å². The minimum Gasteiger partial charge on any atom is -0.352 e. The third-order valence-corrected chi connectivity index (χ3v) is 4.49. The Morgan fingerprint density at radius 3 is 2.61 bits per heavy atom. The van der Waals surface area contributed by atoms with E-state index in [4.69, 9.17) is 0 Å². The summed E-state index contributed by atoms with van der Waals surface area (Å²) in [6.45, 7) is 2.49. The average molecular weight is 396 g/mol. The molecule has 1 N–H and O–H groups in total. The first kappa shape index (κ1) is 19.8. The molecular weight excluding hydrogens is 377 g/mol. The van der Waals surface area contributed by atoms with Crippen LogP contribution in [-0.4, -0.2) is 56.1 Å². The molecule has 2 aromatic rings. The lowest BCUT2D eigenvalue weighted by Gasteiger charge is -2.31. The topological polar surface area (TPSA) is 93.0 Å². The standard InChI is InChI=1S/C17H19F3N6O2/c1-11(27)25-7-5-14(6-8-25)21-15(28)10-26-23-16(22-24-26)12-3-2-4-13(9-12)17(18,19)20/h2-4,9,14H,5-8,10H2,1H3,(H,21,28). The summed E-state index contributed by atoms with van der Waals surface area (Å²) in [6, 6.07) is 4.55. The molecule has 0 bridgehead atoms. The first-order valence-corrected chi connectivity index (χ1v) is 8.72. The number of halogens is 3. The van der Waals surface area contributed by atoms with Gasteiger partial charge >= 0.3 is 6.18 Å². The molecule has 0 aliphatic carbocycles. The van der Waals surface area contributed by atoms with Crippen molar-refractivity contribution in [3.8, 4) is 11.4 Å². The van der Waals surface area contributed by atoms with Crippen LogP contribution >= 0.6 is 0 Å². The molecule has 1 aliphatic heterocycles. The van der Waals surface area contributed by atoms with Crippen LogP contribution in [-0.2, 0) is 22.3 Å². The molecule has 0 radical (unpaired) electrons. The van der Waals surface area contributed by atoms with Crippen LogP contribution in [0.4, 0.5) is 13.2 Å². The Bertz CT molecular complexity index is 859. The van der Waals surface area contributed by atoms with E-state index in [9.17, 15) is 22.8 Å². The molecule has 11 heteroatoms. The van der Waals surface area contributed by atoms with Crippen molar-refractivity contribution in [3.63, 3.8) is 0 Å². The van der Waals surface area contributed by atoms with E-state index in [1.807, 2.05) is 0 Å². The van der Waals surface area contributed by atoms with Crippen LogP contribution in [0.25, 0.3) is 11.4 Å². The van der Waals surface area contributed by atoms with E-state index in [1.54, 1.807) is 4.90 Å². The van der Waals surface area contributed by atoms with Gasteiger partial charge in [0.2, 0.25) is 17.6 Å². The predicted octanol–water partition coefficient (Wildman–Crippen LogP) is 1.49. The van der Waals surface area contributed by atoms with Crippen molar-refractivity contribution in [3.05, 3.63) is 29.8 Å². The number of amides is 2. The Hall–Kier alpha value is -2.98. The molecule has 0 atom stereocenters. The second-order valence-electron chi connectivity index (χ2n) is 6.57. The van der Waals surface area contributed by atoms with Gasteiger partial charge in [-0.05, 0) is 30.2 Å². The fourth-order valence-electron chi connectivity index (χ4n) is 3.00. The van der Waals surface area contributed by atoms with Gasteiger partial charge in [0, 0.05) is 31.6 Å². The first-order chi connectivity index (χ1) is 13.2. The van der Waals surface area contributed by atoms with Gasteiger partial charge in [0.15, 0.2) is 0 Å². The summed E-state index contributed by atoms with van der Waals surface area (Å²) in [5, 5.41) is 14.3. The molecule has 2 heterocycles. The highest BCUT2D eigenvalue weighted by atomic mass is 19.4. The molecule has 1 saturated heterocycles. The second-order valence-corrected chi connectivity index (χ2v) is 6.57. The summed E-state index contributed by atoms with van der Waals surface area (Å²) in [5.41, 5.74) is -0.644. The van der Waals surface area contributed by atoms with Crippen LogP contribution in [0.2, 0.25) is 0 Å². The lowest BCUT2D eigenvalue weighted by atomic mass is 10.1. The molecular formula is C17H19F3N6O2. The fraction of sp³-hybridized carbons (Fsp3) is 0.471. The Labute approximate surface area is 158 Å². The van der Waals surface area contributed by atoms with Crippen molar-refractivity contribution < 1.29 is 22.8 Å². The number of hydrogen-bond donors (Lipinski definition) is 1. The third-order valence-electron chi connectivity index (χ3n) is 4.49. The number of nitrogens with one attached hydrogen (secondary N) is 1. The van der Waals surface area contributed by atoms with Gasteiger partial charge in [0.1, 0.15) is 6.54 Å². The molecule has 1 aromatic heterocycles. The molecule has 28 heavy (non-hydrogen) atoms. The van der Waals surface area contributed by atoms with Crippen molar-refractivity contribution in [2.45, 2.75) is 38.5 Å². The maximum atomic E-state index is 12.8. The lowest BCUT2D eigenvalue weighted by Crippen LogP contribution is -2.46. The molecule has 150 valence electrons. The number of likely N-dealkylation sites (tertiary alicyclic amines) is 1. The maximum Gasteiger partial charge on any atom is 0.416 e. The number of benzene rings is 1. The van der Waals surface area contributed by atoms with Gasteiger partial charge in [0.05, 0.1) is 5.56 Å². The van der Waals surface area contributed by atoms with Gasteiger partial charge in [-0.3, -0.25) is 9.59 Å². The summed E-state index contributed by atoms with van der Waals surface area (Å²) in [5.74, 6) is -0.304. The number of piperidine rings is 1. The number of aromatic nitrogens is 4. The second kappa shape index (κ2) is 7.95. The van der Waals surface area contributed by atoms with E-state index in [-0.39, 0.29) is 35.8 Å². The molecule has 0 spiro atoms. The van der Waals surface area contributed by atoms with Gasteiger partial charge in [-0.1, -0.05) is 12.1 Å². The monoisotopic (exact) mass is 396 g/mol. The highest BCUT2D eigenvalue weighted by Gasteiger charge is 2.30. The van der Waals surface area contributed by atoms with E-state index < -0.39 is 11.7 Å². The van der Waals surface area contributed by atoms with Crippen LogP contribution in [0.15, 0.2) is 24.3 Å². The fourth-order valence-corrected chi connectivity index (χ4v) is 3.00. The zero-order valence-corrected chi connectivity index (χ0v) is 15.1. The Morgan fingerprint density at radius 1 is 1.25 bits per heavy atom. The zero-order chi connectivity index (χ0) is 20.3. The van der Waals surface area contributed by atoms with Gasteiger partial charge in [-0.15, -0.1) is 10.2 Å².